The molecule has 1 aromatic rings. The summed E-state index contributed by atoms with van der Waals surface area (Å²) >= 11 is 0. The van der Waals surface area contributed by atoms with E-state index >= 15 is 0 Å². The van der Waals surface area contributed by atoms with E-state index in [0.717, 1.165) is 6.42 Å². The quantitative estimate of drug-likeness (QED) is 0.883. The molecule has 98 valence electrons. The molecule has 2 bridgehead atoms. The fraction of sp³-hybridized carbons (Fsp3) is 0.625. The normalized spacial score (nSPS) is 32.4. The number of rotatable bonds is 3. The zero-order valence-electron chi connectivity index (χ0n) is 11.2. The smallest absolute Gasteiger partial charge is 0.0552 e. The summed E-state index contributed by atoms with van der Waals surface area (Å²) in [5.74, 6) is 0. The first-order valence-corrected chi connectivity index (χ1v) is 7.18. The molecule has 0 saturated carbocycles. The Morgan fingerprint density at radius 1 is 1.11 bits per heavy atom. The Morgan fingerprint density at radius 2 is 1.67 bits per heavy atom. The maximum Gasteiger partial charge on any atom is 0.0552 e. The van der Waals surface area contributed by atoms with Gasteiger partial charge in [0, 0.05) is 0 Å². The van der Waals surface area contributed by atoms with Crippen molar-refractivity contribution >= 4 is 0 Å². The minimum atomic E-state index is -0.244. The molecule has 0 radical (unpaired) electrons. The molecule has 1 N–H and O–H groups in total. The summed E-state index contributed by atoms with van der Waals surface area (Å²) in [5, 5.41) is 9.42. The van der Waals surface area contributed by atoms with Crippen LogP contribution in [0.2, 0.25) is 0 Å². The molecule has 0 spiro atoms. The average Bonchev–Trinajstić information content (AvgIpc) is 2.41. The van der Waals surface area contributed by atoms with Crippen molar-refractivity contribution < 1.29 is 5.11 Å². The molecule has 0 amide bonds. The van der Waals surface area contributed by atoms with Crippen molar-refractivity contribution in [2.75, 3.05) is 19.6 Å². The van der Waals surface area contributed by atoms with Gasteiger partial charge >= 0.3 is 0 Å². The number of aliphatic hydroxyl groups is 1. The summed E-state index contributed by atoms with van der Waals surface area (Å²) in [6.07, 6.45) is 4.49. The maximum atomic E-state index is 9.42. The van der Waals surface area contributed by atoms with Crippen LogP contribution in [0.4, 0.5) is 0 Å². The van der Waals surface area contributed by atoms with Gasteiger partial charge in [-0.2, -0.15) is 0 Å². The van der Waals surface area contributed by atoms with Gasteiger partial charge in [-0.1, -0.05) is 24.3 Å². The lowest BCUT2D eigenvalue weighted by atomic mass is 9.67. The van der Waals surface area contributed by atoms with Crippen LogP contribution < -0.4 is 0 Å². The average molecular weight is 245 g/mol. The molecule has 1 atom stereocenters. The molecule has 2 heteroatoms. The second-order valence-electron chi connectivity index (χ2n) is 6.12. The molecule has 1 unspecified atom stereocenters. The third-order valence-electron chi connectivity index (χ3n) is 4.82. The van der Waals surface area contributed by atoms with Crippen molar-refractivity contribution in [1.82, 2.24) is 4.90 Å². The van der Waals surface area contributed by atoms with Gasteiger partial charge in [0.05, 0.1) is 6.10 Å². The predicted octanol–water partition coefficient (Wildman–Crippen LogP) is 2.35. The third-order valence-corrected chi connectivity index (χ3v) is 4.82. The number of benzene rings is 1. The van der Waals surface area contributed by atoms with Crippen molar-refractivity contribution in [1.29, 1.82) is 0 Å². The van der Waals surface area contributed by atoms with Gasteiger partial charge < -0.3 is 10.0 Å². The summed E-state index contributed by atoms with van der Waals surface area (Å²) in [7, 11) is 0. The summed E-state index contributed by atoms with van der Waals surface area (Å²) in [6.45, 7) is 5.67. The molecule has 3 heterocycles. The van der Waals surface area contributed by atoms with Crippen LogP contribution in [-0.2, 0) is 11.8 Å². The molecular weight excluding hydrogens is 222 g/mol. The lowest BCUT2D eigenvalue weighted by Crippen LogP contribution is -2.50. The molecular formula is C16H23NO. The monoisotopic (exact) mass is 245 g/mol. The lowest BCUT2D eigenvalue weighted by molar-refractivity contribution is 0.0817. The van der Waals surface area contributed by atoms with E-state index < -0.39 is 0 Å². The van der Waals surface area contributed by atoms with Crippen molar-refractivity contribution in [2.45, 2.75) is 44.1 Å². The predicted molar refractivity (Wildman–Crippen MR) is 73.8 cm³/mol. The fourth-order valence-electron chi connectivity index (χ4n) is 3.60. The van der Waals surface area contributed by atoms with Gasteiger partial charge in [-0.15, -0.1) is 0 Å². The van der Waals surface area contributed by atoms with Crippen molar-refractivity contribution in [2.24, 2.45) is 0 Å². The summed E-state index contributed by atoms with van der Waals surface area (Å²) < 4.78 is 0. The van der Waals surface area contributed by atoms with Crippen LogP contribution in [0.15, 0.2) is 24.3 Å². The second-order valence-corrected chi connectivity index (χ2v) is 6.12. The molecule has 2 nitrogen and oxygen atoms in total. The summed E-state index contributed by atoms with van der Waals surface area (Å²) in [6, 6.07) is 9.02. The van der Waals surface area contributed by atoms with E-state index in [4.69, 9.17) is 0 Å². The molecule has 0 aliphatic carbocycles. The standard InChI is InChI=1S/C16H23NO/c1-13(18)12-14-2-4-15(5-3-14)16-6-9-17(10-7-16)11-8-16/h2-5,13,18H,6-12H2,1H3. The first kappa shape index (κ1) is 12.2. The number of fused-ring (bicyclic) bond motifs is 3. The Labute approximate surface area is 110 Å². The number of aliphatic hydroxyl groups excluding tert-OH is 1. The van der Waals surface area contributed by atoms with Crippen LogP contribution >= 0.6 is 0 Å². The Hall–Kier alpha value is -0.860. The molecule has 1 aromatic carbocycles. The van der Waals surface area contributed by atoms with E-state index in [1.54, 1.807) is 0 Å². The van der Waals surface area contributed by atoms with Crippen LogP contribution in [0.25, 0.3) is 0 Å². The van der Waals surface area contributed by atoms with Crippen LogP contribution in [0.5, 0.6) is 0 Å². The van der Waals surface area contributed by atoms with E-state index in [2.05, 4.69) is 29.2 Å². The zero-order chi connectivity index (χ0) is 12.6. The highest BCUT2D eigenvalue weighted by molar-refractivity contribution is 5.31. The highest BCUT2D eigenvalue weighted by atomic mass is 16.3. The highest BCUT2D eigenvalue weighted by Crippen LogP contribution is 2.42. The number of piperidine rings is 3. The first-order valence-electron chi connectivity index (χ1n) is 7.18. The number of hydrogen-bond donors (Lipinski definition) is 1. The largest absolute Gasteiger partial charge is 0.393 e. The lowest BCUT2D eigenvalue weighted by Gasteiger charge is -2.49. The Bertz CT molecular complexity index is 388. The van der Waals surface area contributed by atoms with Crippen molar-refractivity contribution in [3.63, 3.8) is 0 Å². The second kappa shape index (κ2) is 4.67. The number of nitrogens with zero attached hydrogens (tertiary/aromatic N) is 1. The first-order chi connectivity index (χ1) is 8.68. The van der Waals surface area contributed by atoms with Crippen molar-refractivity contribution in [3.8, 4) is 0 Å². The molecule has 0 aromatic heterocycles. The molecule has 3 aliphatic rings. The maximum absolute atomic E-state index is 9.42. The van der Waals surface area contributed by atoms with Gasteiger partial charge in [0.25, 0.3) is 0 Å². The molecule has 18 heavy (non-hydrogen) atoms. The minimum absolute atomic E-state index is 0.244. The minimum Gasteiger partial charge on any atom is -0.393 e. The molecule has 3 fully saturated rings. The third kappa shape index (κ3) is 2.19. The van der Waals surface area contributed by atoms with E-state index in [1.165, 1.54) is 50.0 Å². The van der Waals surface area contributed by atoms with E-state index in [9.17, 15) is 5.11 Å². The highest BCUT2D eigenvalue weighted by Gasteiger charge is 2.40. The molecule has 3 aliphatic heterocycles. The van der Waals surface area contributed by atoms with Crippen LogP contribution in [0, 0.1) is 0 Å². The summed E-state index contributed by atoms with van der Waals surface area (Å²) in [4.78, 5) is 2.59. The fourth-order valence-corrected chi connectivity index (χ4v) is 3.60. The van der Waals surface area contributed by atoms with Crippen molar-refractivity contribution in [3.05, 3.63) is 35.4 Å². The van der Waals surface area contributed by atoms with Gasteiger partial charge in [0.2, 0.25) is 0 Å². The van der Waals surface area contributed by atoms with Crippen LogP contribution in [0.1, 0.15) is 37.3 Å². The van der Waals surface area contributed by atoms with Gasteiger partial charge in [-0.05, 0) is 68.8 Å². The zero-order valence-corrected chi connectivity index (χ0v) is 11.2. The summed E-state index contributed by atoms with van der Waals surface area (Å²) in [5.41, 5.74) is 3.23. The van der Waals surface area contributed by atoms with E-state index in [-0.39, 0.29) is 6.10 Å². The SMILES string of the molecule is CC(O)Cc1ccc(C23CCN(CC2)CC3)cc1. The Kier molecular flexibility index (Phi) is 3.16. The molecule has 3 saturated heterocycles. The van der Waals surface area contributed by atoms with Gasteiger partial charge in [-0.3, -0.25) is 0 Å². The Balaban J connectivity index is 1.79. The topological polar surface area (TPSA) is 23.5 Å². The molecule has 4 rings (SSSR count). The van der Waals surface area contributed by atoms with Gasteiger partial charge in [-0.25, -0.2) is 0 Å². The van der Waals surface area contributed by atoms with Gasteiger partial charge in [0.15, 0.2) is 0 Å². The van der Waals surface area contributed by atoms with Crippen LogP contribution in [-0.4, -0.2) is 35.7 Å². The number of hydrogen-bond acceptors (Lipinski definition) is 2. The van der Waals surface area contributed by atoms with Gasteiger partial charge in [0.1, 0.15) is 0 Å². The van der Waals surface area contributed by atoms with E-state index in [1.807, 2.05) is 6.92 Å². The Morgan fingerprint density at radius 3 is 2.17 bits per heavy atom. The van der Waals surface area contributed by atoms with Crippen LogP contribution in [0.3, 0.4) is 0 Å². The van der Waals surface area contributed by atoms with E-state index in [0.29, 0.717) is 5.41 Å².